The fraction of sp³-hybridized carbons (Fsp3) is 0.0667. The van der Waals surface area contributed by atoms with Gasteiger partial charge in [-0.15, -0.1) is 0 Å². The molecular weight excluding hydrogens is 228 g/mol. The van der Waals surface area contributed by atoms with E-state index < -0.39 is 5.97 Å². The minimum Gasteiger partial charge on any atom is -0.459 e. The van der Waals surface area contributed by atoms with Crippen molar-refractivity contribution >= 4 is 23.0 Å². The third-order valence-electron chi connectivity index (χ3n) is 2.56. The van der Waals surface area contributed by atoms with E-state index in [2.05, 4.69) is 16.6 Å². The van der Waals surface area contributed by atoms with Gasteiger partial charge in [-0.1, -0.05) is 36.3 Å². The molecule has 0 aliphatic rings. The number of hydrogen-bond donors (Lipinski definition) is 0. The highest BCUT2D eigenvalue weighted by atomic mass is 16.5. The molecular formula is C15H10O3. The Morgan fingerprint density at radius 1 is 1.22 bits per heavy atom. The van der Waals surface area contributed by atoms with E-state index in [9.17, 15) is 9.59 Å². The highest BCUT2D eigenvalue weighted by Gasteiger charge is 2.04. The molecule has 0 saturated carbocycles. The lowest BCUT2D eigenvalue weighted by atomic mass is 10.00. The highest BCUT2D eigenvalue weighted by Crippen LogP contribution is 2.20. The molecule has 0 N–H and O–H groups in total. The highest BCUT2D eigenvalue weighted by molar-refractivity contribution is 5.97. The molecule has 0 radical (unpaired) electrons. The van der Waals surface area contributed by atoms with Gasteiger partial charge in [0.15, 0.2) is 6.29 Å². The van der Waals surface area contributed by atoms with Crippen LogP contribution in [0.2, 0.25) is 0 Å². The van der Waals surface area contributed by atoms with E-state index in [0.717, 1.165) is 17.1 Å². The van der Waals surface area contributed by atoms with Crippen LogP contribution in [-0.4, -0.2) is 19.4 Å². The maximum absolute atomic E-state index is 11.0. The van der Waals surface area contributed by atoms with Crippen molar-refractivity contribution in [3.63, 3.8) is 0 Å². The van der Waals surface area contributed by atoms with Crippen molar-refractivity contribution in [2.45, 2.75) is 0 Å². The molecule has 0 unspecified atom stereocenters. The summed E-state index contributed by atoms with van der Waals surface area (Å²) in [6, 6.07) is 11.1. The molecule has 0 saturated heterocycles. The molecule has 3 heteroatoms. The largest absolute Gasteiger partial charge is 0.459 e. The molecule has 0 bridgehead atoms. The number of ether oxygens (including phenoxy) is 1. The van der Waals surface area contributed by atoms with E-state index >= 15 is 0 Å². The monoisotopic (exact) mass is 238 g/mol. The lowest BCUT2D eigenvalue weighted by Gasteiger charge is -2.03. The number of carbonyl (C=O) groups is 2. The van der Waals surface area contributed by atoms with Gasteiger partial charge in [-0.05, 0) is 16.8 Å². The molecule has 0 aromatic heterocycles. The molecule has 2 aromatic carbocycles. The van der Waals surface area contributed by atoms with Gasteiger partial charge in [-0.3, -0.25) is 4.79 Å². The zero-order valence-corrected chi connectivity index (χ0v) is 9.77. The van der Waals surface area contributed by atoms with Crippen molar-refractivity contribution < 1.29 is 14.3 Å². The van der Waals surface area contributed by atoms with Crippen LogP contribution in [0.4, 0.5) is 0 Å². The van der Waals surface area contributed by atoms with Gasteiger partial charge in [0.1, 0.15) is 0 Å². The number of hydrogen-bond acceptors (Lipinski definition) is 3. The summed E-state index contributed by atoms with van der Waals surface area (Å²) in [6.07, 6.45) is 0.730. The molecule has 0 aliphatic carbocycles. The number of fused-ring (bicyclic) bond motifs is 1. The van der Waals surface area contributed by atoms with Crippen molar-refractivity contribution in [2.24, 2.45) is 0 Å². The normalized spacial score (nSPS) is 9.39. The first-order valence-electron chi connectivity index (χ1n) is 5.33. The number of esters is 1. The predicted molar refractivity (Wildman–Crippen MR) is 68.2 cm³/mol. The Morgan fingerprint density at radius 3 is 2.72 bits per heavy atom. The van der Waals surface area contributed by atoms with Gasteiger partial charge in [0.25, 0.3) is 0 Å². The first-order chi connectivity index (χ1) is 8.76. The van der Waals surface area contributed by atoms with Gasteiger partial charge in [-0.2, -0.15) is 0 Å². The molecule has 0 aliphatic heterocycles. The van der Waals surface area contributed by atoms with Crippen LogP contribution >= 0.6 is 0 Å². The fourth-order valence-electron chi connectivity index (χ4n) is 1.69. The summed E-state index contributed by atoms with van der Waals surface area (Å²) in [4.78, 5) is 22.0. The summed E-state index contributed by atoms with van der Waals surface area (Å²) < 4.78 is 4.46. The van der Waals surface area contributed by atoms with Crippen molar-refractivity contribution in [3.8, 4) is 11.8 Å². The smallest absolute Gasteiger partial charge is 0.384 e. The Morgan fingerprint density at radius 2 is 2.00 bits per heavy atom. The molecule has 3 nitrogen and oxygen atoms in total. The van der Waals surface area contributed by atoms with Crippen LogP contribution in [0.25, 0.3) is 10.8 Å². The van der Waals surface area contributed by atoms with Crippen molar-refractivity contribution in [1.29, 1.82) is 0 Å². The van der Waals surface area contributed by atoms with E-state index in [1.54, 1.807) is 6.07 Å². The Kier molecular flexibility index (Phi) is 3.40. The summed E-state index contributed by atoms with van der Waals surface area (Å²) >= 11 is 0. The predicted octanol–water partition coefficient (Wildman–Crippen LogP) is 2.18. The second-order valence-corrected chi connectivity index (χ2v) is 3.61. The number of benzene rings is 2. The first-order valence-corrected chi connectivity index (χ1v) is 5.33. The zero-order chi connectivity index (χ0) is 13.0. The van der Waals surface area contributed by atoms with Gasteiger partial charge < -0.3 is 4.74 Å². The van der Waals surface area contributed by atoms with Crippen molar-refractivity contribution in [2.75, 3.05) is 7.11 Å². The molecule has 0 atom stereocenters. The van der Waals surface area contributed by atoms with Crippen LogP contribution < -0.4 is 0 Å². The van der Waals surface area contributed by atoms with Crippen molar-refractivity contribution in [1.82, 2.24) is 0 Å². The van der Waals surface area contributed by atoms with Gasteiger partial charge in [0.05, 0.1) is 7.11 Å². The van der Waals surface area contributed by atoms with Crippen LogP contribution in [0.15, 0.2) is 36.4 Å². The quantitative estimate of drug-likeness (QED) is 0.434. The lowest BCUT2D eigenvalue weighted by Crippen LogP contribution is -1.96. The van der Waals surface area contributed by atoms with Crippen LogP contribution in [0.1, 0.15) is 15.9 Å². The average molecular weight is 238 g/mol. The summed E-state index contributed by atoms with van der Waals surface area (Å²) in [5.74, 6) is 4.42. The Labute approximate surface area is 104 Å². The number of aldehydes is 1. The van der Waals surface area contributed by atoms with E-state index in [1.165, 1.54) is 7.11 Å². The summed E-state index contributed by atoms with van der Waals surface area (Å²) in [7, 11) is 1.26. The summed E-state index contributed by atoms with van der Waals surface area (Å²) in [6.45, 7) is 0. The molecule has 2 rings (SSSR count). The van der Waals surface area contributed by atoms with Crippen molar-refractivity contribution in [3.05, 3.63) is 47.5 Å². The average Bonchev–Trinajstić information content (AvgIpc) is 2.44. The number of rotatable bonds is 1. The number of carbonyl (C=O) groups excluding carboxylic acids is 2. The number of methoxy groups -OCH3 is 1. The third-order valence-corrected chi connectivity index (χ3v) is 2.56. The SMILES string of the molecule is COC(=O)C#Cc1c(C=O)ccc2ccccc12. The van der Waals surface area contributed by atoms with Gasteiger partial charge in [0.2, 0.25) is 0 Å². The van der Waals surface area contributed by atoms with E-state index in [0.29, 0.717) is 11.1 Å². The maximum Gasteiger partial charge on any atom is 0.384 e. The fourth-order valence-corrected chi connectivity index (χ4v) is 1.69. The summed E-state index contributed by atoms with van der Waals surface area (Å²) in [5.41, 5.74) is 1.01. The Balaban J connectivity index is 2.67. The molecule has 0 heterocycles. The van der Waals surface area contributed by atoms with Gasteiger partial charge in [0, 0.05) is 17.0 Å². The van der Waals surface area contributed by atoms with Crippen LogP contribution in [0.3, 0.4) is 0 Å². The molecule has 0 amide bonds. The Bertz CT molecular complexity index is 675. The second-order valence-electron chi connectivity index (χ2n) is 3.61. The summed E-state index contributed by atoms with van der Waals surface area (Å²) in [5, 5.41) is 1.82. The van der Waals surface area contributed by atoms with Crippen LogP contribution in [0, 0.1) is 11.8 Å². The van der Waals surface area contributed by atoms with E-state index in [4.69, 9.17) is 0 Å². The van der Waals surface area contributed by atoms with E-state index in [1.807, 2.05) is 30.3 Å². The van der Waals surface area contributed by atoms with Gasteiger partial charge in [-0.25, -0.2) is 4.79 Å². The van der Waals surface area contributed by atoms with Gasteiger partial charge >= 0.3 is 5.97 Å². The first kappa shape index (κ1) is 11.9. The molecule has 0 spiro atoms. The standard InChI is InChI=1S/C15H10O3/c1-18-15(17)9-8-14-12(10-16)7-6-11-4-2-3-5-13(11)14/h2-7,10H,1H3. The molecule has 2 aromatic rings. The topological polar surface area (TPSA) is 43.4 Å². The van der Waals surface area contributed by atoms with Crippen LogP contribution in [-0.2, 0) is 9.53 Å². The van der Waals surface area contributed by atoms with Crippen LogP contribution in [0.5, 0.6) is 0 Å². The molecule has 88 valence electrons. The lowest BCUT2D eigenvalue weighted by molar-refractivity contribution is -0.133. The molecule has 0 fully saturated rings. The maximum atomic E-state index is 11.0. The third kappa shape index (κ3) is 2.23. The van der Waals surface area contributed by atoms with E-state index in [-0.39, 0.29) is 0 Å². The second kappa shape index (κ2) is 5.15. The minimum absolute atomic E-state index is 0.463. The minimum atomic E-state index is -0.625. The zero-order valence-electron chi connectivity index (χ0n) is 9.77. The molecule has 18 heavy (non-hydrogen) atoms. The Hall–Kier alpha value is -2.60.